The minimum atomic E-state index is -0.855. The first kappa shape index (κ1) is 15.0. The maximum absolute atomic E-state index is 11.3. The minimum Gasteiger partial charge on any atom is -0.481 e. The van der Waals surface area contributed by atoms with Crippen molar-refractivity contribution in [1.82, 2.24) is 5.32 Å². The first-order valence-corrected chi connectivity index (χ1v) is 6.51. The van der Waals surface area contributed by atoms with Crippen LogP contribution < -0.4 is 5.32 Å². The Morgan fingerprint density at radius 1 is 1.38 bits per heavy atom. The van der Waals surface area contributed by atoms with Gasteiger partial charge in [-0.25, -0.2) is 0 Å². The quantitative estimate of drug-likeness (QED) is 0.672. The lowest BCUT2D eigenvalue weighted by Crippen LogP contribution is -2.41. The van der Waals surface area contributed by atoms with Crippen LogP contribution in [0, 0.1) is 5.41 Å². The molecule has 0 aromatic rings. The molecule has 0 unspecified atom stereocenters. The summed E-state index contributed by atoms with van der Waals surface area (Å²) >= 11 is 1.42. The van der Waals surface area contributed by atoms with Gasteiger partial charge in [-0.1, -0.05) is 13.8 Å². The summed E-state index contributed by atoms with van der Waals surface area (Å²) in [6.07, 6.45) is 4.27. The Bertz CT molecular complexity index is 272. The molecule has 0 fully saturated rings. The van der Waals surface area contributed by atoms with Crippen LogP contribution in [0.3, 0.4) is 0 Å². The topological polar surface area (TPSA) is 66.4 Å². The van der Waals surface area contributed by atoms with Gasteiger partial charge >= 0.3 is 5.97 Å². The van der Waals surface area contributed by atoms with E-state index in [2.05, 4.69) is 5.32 Å². The summed E-state index contributed by atoms with van der Waals surface area (Å²) in [6.45, 7) is 3.82. The predicted molar refractivity (Wildman–Crippen MR) is 66.3 cm³/mol. The zero-order valence-electron chi connectivity index (χ0n) is 9.95. The molecule has 0 aromatic carbocycles. The van der Waals surface area contributed by atoms with Gasteiger partial charge in [-0.15, -0.1) is 11.8 Å². The Kier molecular flexibility index (Phi) is 6.88. The Labute approximate surface area is 100 Å². The summed E-state index contributed by atoms with van der Waals surface area (Å²) < 4.78 is 0. The van der Waals surface area contributed by atoms with E-state index in [-0.39, 0.29) is 12.5 Å². The van der Waals surface area contributed by atoms with Gasteiger partial charge in [0, 0.05) is 12.6 Å². The molecule has 0 heterocycles. The van der Waals surface area contributed by atoms with E-state index in [1.54, 1.807) is 5.41 Å². The van der Waals surface area contributed by atoms with Crippen LogP contribution in [0.2, 0.25) is 0 Å². The molecule has 1 amide bonds. The van der Waals surface area contributed by atoms with Crippen LogP contribution in [0.4, 0.5) is 0 Å². The third-order valence-corrected chi connectivity index (χ3v) is 3.17. The lowest BCUT2D eigenvalue weighted by molar-refractivity contribution is -0.149. The molecule has 0 rings (SSSR count). The van der Waals surface area contributed by atoms with Gasteiger partial charge in [0.15, 0.2) is 0 Å². The van der Waals surface area contributed by atoms with Gasteiger partial charge in [-0.2, -0.15) is 0 Å². The summed E-state index contributed by atoms with van der Waals surface area (Å²) in [6, 6.07) is 0. The number of carbonyl (C=O) groups excluding carboxylic acids is 1. The smallest absolute Gasteiger partial charge is 0.311 e. The number of amides is 1. The van der Waals surface area contributed by atoms with E-state index in [0.717, 1.165) is 0 Å². The van der Waals surface area contributed by atoms with Crippen LogP contribution >= 0.6 is 11.8 Å². The normalized spacial score (nSPS) is 11.7. The van der Waals surface area contributed by atoms with Crippen LogP contribution in [0.25, 0.3) is 0 Å². The van der Waals surface area contributed by atoms with E-state index in [1.807, 2.05) is 20.1 Å². The average Bonchev–Trinajstić information content (AvgIpc) is 2.28. The molecule has 0 bridgehead atoms. The highest BCUT2D eigenvalue weighted by atomic mass is 32.2. The molecule has 2 N–H and O–H groups in total. The predicted octanol–water partition coefficient (Wildman–Crippen LogP) is 1.87. The van der Waals surface area contributed by atoms with Gasteiger partial charge in [0.2, 0.25) is 5.91 Å². The molecule has 0 aliphatic heterocycles. The SMILES string of the molecule is CCC(CC)(CNC(=O)/C=C/SC)C(=O)O. The molecule has 5 heteroatoms. The summed E-state index contributed by atoms with van der Waals surface area (Å²) in [7, 11) is 0. The van der Waals surface area contributed by atoms with Crippen LogP contribution in [0.15, 0.2) is 11.5 Å². The molecule has 0 aliphatic rings. The van der Waals surface area contributed by atoms with Crippen LogP contribution in [-0.4, -0.2) is 29.8 Å². The second-order valence-electron chi connectivity index (χ2n) is 3.55. The Balaban J connectivity index is 4.38. The molecule has 16 heavy (non-hydrogen) atoms. The third-order valence-electron chi connectivity index (χ3n) is 2.76. The number of carboxylic acid groups (broad SMARTS) is 1. The van der Waals surface area contributed by atoms with Crippen molar-refractivity contribution in [1.29, 1.82) is 0 Å². The van der Waals surface area contributed by atoms with Crippen molar-refractivity contribution in [3.8, 4) is 0 Å². The molecule has 0 saturated heterocycles. The maximum atomic E-state index is 11.3. The summed E-state index contributed by atoms with van der Waals surface area (Å²) in [4.78, 5) is 22.4. The highest BCUT2D eigenvalue weighted by molar-refractivity contribution is 8.01. The number of hydrogen-bond donors (Lipinski definition) is 2. The van der Waals surface area contributed by atoms with E-state index in [9.17, 15) is 9.59 Å². The Morgan fingerprint density at radius 3 is 2.31 bits per heavy atom. The third kappa shape index (κ3) is 4.26. The number of hydrogen-bond acceptors (Lipinski definition) is 3. The monoisotopic (exact) mass is 245 g/mol. The first-order chi connectivity index (χ1) is 7.52. The van der Waals surface area contributed by atoms with E-state index in [4.69, 9.17) is 5.11 Å². The lowest BCUT2D eigenvalue weighted by atomic mass is 9.82. The minimum absolute atomic E-state index is 0.173. The standard InChI is InChI=1S/C11H19NO3S/c1-4-11(5-2,10(14)15)8-12-9(13)6-7-16-3/h6-7H,4-5,8H2,1-3H3,(H,12,13)(H,14,15)/b7-6+. The average molecular weight is 245 g/mol. The van der Waals surface area contributed by atoms with Crippen LogP contribution in [-0.2, 0) is 9.59 Å². The van der Waals surface area contributed by atoms with Crippen LogP contribution in [0.5, 0.6) is 0 Å². The van der Waals surface area contributed by atoms with E-state index < -0.39 is 11.4 Å². The van der Waals surface area contributed by atoms with E-state index >= 15 is 0 Å². The van der Waals surface area contributed by atoms with Crippen molar-refractivity contribution >= 4 is 23.6 Å². The Morgan fingerprint density at radius 2 is 1.94 bits per heavy atom. The van der Waals surface area contributed by atoms with Crippen molar-refractivity contribution in [2.75, 3.05) is 12.8 Å². The first-order valence-electron chi connectivity index (χ1n) is 5.23. The highest BCUT2D eigenvalue weighted by Crippen LogP contribution is 2.25. The summed E-state index contributed by atoms with van der Waals surface area (Å²) in [5, 5.41) is 13.4. The maximum Gasteiger partial charge on any atom is 0.311 e. The molecule has 0 aliphatic carbocycles. The molecule has 0 saturated carbocycles. The second-order valence-corrected chi connectivity index (χ2v) is 4.29. The largest absolute Gasteiger partial charge is 0.481 e. The van der Waals surface area contributed by atoms with Gasteiger partial charge in [-0.05, 0) is 24.5 Å². The van der Waals surface area contributed by atoms with Crippen molar-refractivity contribution in [3.05, 3.63) is 11.5 Å². The number of nitrogens with one attached hydrogen (secondary N) is 1. The fourth-order valence-electron chi connectivity index (χ4n) is 1.32. The van der Waals surface area contributed by atoms with Gasteiger partial charge in [0.1, 0.15) is 0 Å². The highest BCUT2D eigenvalue weighted by Gasteiger charge is 2.34. The number of thioether (sulfide) groups is 1. The molecule has 4 nitrogen and oxygen atoms in total. The fraction of sp³-hybridized carbons (Fsp3) is 0.636. The Hall–Kier alpha value is -0.970. The van der Waals surface area contributed by atoms with Gasteiger partial charge in [0.05, 0.1) is 5.41 Å². The van der Waals surface area contributed by atoms with Crippen molar-refractivity contribution in [2.45, 2.75) is 26.7 Å². The van der Waals surface area contributed by atoms with Crippen molar-refractivity contribution in [2.24, 2.45) is 5.41 Å². The summed E-state index contributed by atoms with van der Waals surface area (Å²) in [5.41, 5.74) is -0.844. The number of rotatable bonds is 7. The van der Waals surface area contributed by atoms with Crippen molar-refractivity contribution in [3.63, 3.8) is 0 Å². The molecular weight excluding hydrogens is 226 g/mol. The molecular formula is C11H19NO3S. The zero-order chi connectivity index (χ0) is 12.6. The number of carboxylic acids is 1. The molecule has 0 radical (unpaired) electrons. The molecule has 0 aromatic heterocycles. The van der Waals surface area contributed by atoms with Gasteiger partial charge in [-0.3, -0.25) is 9.59 Å². The number of carbonyl (C=O) groups is 2. The van der Waals surface area contributed by atoms with E-state index in [0.29, 0.717) is 12.8 Å². The molecule has 0 spiro atoms. The van der Waals surface area contributed by atoms with Gasteiger partial charge < -0.3 is 10.4 Å². The van der Waals surface area contributed by atoms with E-state index in [1.165, 1.54) is 17.8 Å². The fourth-order valence-corrected chi connectivity index (χ4v) is 1.58. The van der Waals surface area contributed by atoms with Crippen molar-refractivity contribution < 1.29 is 14.7 Å². The number of aliphatic carboxylic acids is 1. The summed E-state index contributed by atoms with van der Waals surface area (Å²) in [5.74, 6) is -1.10. The lowest BCUT2D eigenvalue weighted by Gasteiger charge is -2.26. The molecule has 92 valence electrons. The molecule has 0 atom stereocenters. The second kappa shape index (κ2) is 7.33. The zero-order valence-corrected chi connectivity index (χ0v) is 10.8. The van der Waals surface area contributed by atoms with Gasteiger partial charge in [0.25, 0.3) is 0 Å². The van der Waals surface area contributed by atoms with Crippen LogP contribution in [0.1, 0.15) is 26.7 Å².